The summed E-state index contributed by atoms with van der Waals surface area (Å²) in [7, 11) is 0. The molecular formula is C20H20N2O2. The number of amides is 1. The van der Waals surface area contributed by atoms with Crippen LogP contribution < -0.4 is 10.1 Å². The number of fused-ring (bicyclic) bond motifs is 1. The number of hydrogen-bond donors (Lipinski definition) is 1. The molecule has 1 N–H and O–H groups in total. The zero-order valence-corrected chi connectivity index (χ0v) is 14.1. The van der Waals surface area contributed by atoms with Crippen molar-refractivity contribution in [2.45, 2.75) is 20.8 Å². The molecule has 0 fully saturated rings. The summed E-state index contributed by atoms with van der Waals surface area (Å²) in [5.41, 5.74) is 4.02. The minimum absolute atomic E-state index is 0.164. The number of ether oxygens (including phenoxy) is 1. The topological polar surface area (TPSA) is 51.2 Å². The molecule has 1 aromatic heterocycles. The van der Waals surface area contributed by atoms with Crippen molar-refractivity contribution in [3.05, 3.63) is 65.4 Å². The molecule has 0 spiro atoms. The van der Waals surface area contributed by atoms with Gasteiger partial charge in [0.25, 0.3) is 5.91 Å². The molecule has 1 amide bonds. The molecule has 2 aromatic carbocycles. The van der Waals surface area contributed by atoms with Gasteiger partial charge in [0.2, 0.25) is 0 Å². The van der Waals surface area contributed by atoms with Crippen LogP contribution >= 0.6 is 0 Å². The number of hydrogen-bond acceptors (Lipinski definition) is 3. The van der Waals surface area contributed by atoms with Gasteiger partial charge in [-0.3, -0.25) is 9.78 Å². The van der Waals surface area contributed by atoms with Gasteiger partial charge in [0.15, 0.2) is 0 Å². The second kappa shape index (κ2) is 6.71. The highest BCUT2D eigenvalue weighted by Gasteiger charge is 2.14. The fourth-order valence-corrected chi connectivity index (χ4v) is 2.70. The van der Waals surface area contributed by atoms with Crippen LogP contribution in [0.25, 0.3) is 10.9 Å². The SMILES string of the molecule is CCOc1ccccc1NC(=O)c1cc(C)nc2ccc(C)cc12. The van der Waals surface area contributed by atoms with E-state index in [0.29, 0.717) is 23.6 Å². The van der Waals surface area contributed by atoms with Crippen LogP contribution in [0, 0.1) is 13.8 Å². The van der Waals surface area contributed by atoms with E-state index in [4.69, 9.17) is 4.74 Å². The molecule has 0 aliphatic carbocycles. The zero-order valence-electron chi connectivity index (χ0n) is 14.1. The molecule has 4 nitrogen and oxygen atoms in total. The quantitative estimate of drug-likeness (QED) is 0.770. The number of benzene rings is 2. The number of para-hydroxylation sites is 2. The van der Waals surface area contributed by atoms with Crippen molar-refractivity contribution in [3.63, 3.8) is 0 Å². The number of carbonyl (C=O) groups excluding carboxylic acids is 1. The third kappa shape index (κ3) is 3.23. The van der Waals surface area contributed by atoms with E-state index >= 15 is 0 Å². The average Bonchev–Trinajstić information content (AvgIpc) is 2.56. The zero-order chi connectivity index (χ0) is 17.1. The Bertz CT molecular complexity index is 903. The molecule has 0 aliphatic rings. The van der Waals surface area contributed by atoms with Crippen LogP contribution in [0.3, 0.4) is 0 Å². The highest BCUT2D eigenvalue weighted by molar-refractivity contribution is 6.13. The molecule has 0 atom stereocenters. The van der Waals surface area contributed by atoms with Crippen molar-refractivity contribution in [3.8, 4) is 5.75 Å². The summed E-state index contributed by atoms with van der Waals surface area (Å²) in [6.07, 6.45) is 0. The smallest absolute Gasteiger partial charge is 0.256 e. The van der Waals surface area contributed by atoms with E-state index in [1.165, 1.54) is 0 Å². The van der Waals surface area contributed by atoms with Crippen LogP contribution in [0.4, 0.5) is 5.69 Å². The van der Waals surface area contributed by atoms with E-state index in [-0.39, 0.29) is 5.91 Å². The lowest BCUT2D eigenvalue weighted by atomic mass is 10.0. The minimum Gasteiger partial charge on any atom is -0.492 e. The van der Waals surface area contributed by atoms with Gasteiger partial charge in [-0.25, -0.2) is 0 Å². The molecule has 3 aromatic rings. The van der Waals surface area contributed by atoms with E-state index in [2.05, 4.69) is 10.3 Å². The van der Waals surface area contributed by atoms with E-state index in [9.17, 15) is 4.79 Å². The molecule has 122 valence electrons. The average molecular weight is 320 g/mol. The largest absolute Gasteiger partial charge is 0.492 e. The Balaban J connectivity index is 2.02. The molecule has 0 saturated carbocycles. The number of nitrogens with zero attached hydrogens (tertiary/aromatic N) is 1. The molecule has 0 aliphatic heterocycles. The summed E-state index contributed by atoms with van der Waals surface area (Å²) >= 11 is 0. The maximum atomic E-state index is 12.9. The summed E-state index contributed by atoms with van der Waals surface area (Å²) < 4.78 is 5.58. The Labute approximate surface area is 141 Å². The van der Waals surface area contributed by atoms with E-state index in [1.54, 1.807) is 0 Å². The molecule has 24 heavy (non-hydrogen) atoms. The van der Waals surface area contributed by atoms with Gasteiger partial charge in [-0.2, -0.15) is 0 Å². The molecule has 1 heterocycles. The first kappa shape index (κ1) is 16.0. The van der Waals surface area contributed by atoms with Crippen LogP contribution in [0.15, 0.2) is 48.5 Å². The summed E-state index contributed by atoms with van der Waals surface area (Å²) in [4.78, 5) is 17.4. The van der Waals surface area contributed by atoms with Gasteiger partial charge in [-0.1, -0.05) is 23.8 Å². The predicted molar refractivity (Wildman–Crippen MR) is 96.8 cm³/mol. The van der Waals surface area contributed by atoms with Crippen LogP contribution in [0.2, 0.25) is 0 Å². The van der Waals surface area contributed by atoms with Crippen molar-refractivity contribution in [2.75, 3.05) is 11.9 Å². The van der Waals surface area contributed by atoms with E-state index in [1.807, 2.05) is 69.3 Å². The molecule has 0 unspecified atom stereocenters. The van der Waals surface area contributed by atoms with Crippen LogP contribution in [0.1, 0.15) is 28.5 Å². The monoisotopic (exact) mass is 320 g/mol. The van der Waals surface area contributed by atoms with Gasteiger partial charge < -0.3 is 10.1 Å². The van der Waals surface area contributed by atoms with Crippen LogP contribution in [-0.4, -0.2) is 17.5 Å². The lowest BCUT2D eigenvalue weighted by Gasteiger charge is -2.13. The maximum Gasteiger partial charge on any atom is 0.256 e. The molecule has 0 bridgehead atoms. The first-order valence-corrected chi connectivity index (χ1v) is 7.99. The minimum atomic E-state index is -0.164. The number of anilines is 1. The van der Waals surface area contributed by atoms with Gasteiger partial charge in [0, 0.05) is 11.1 Å². The standard InChI is InChI=1S/C20H20N2O2/c1-4-24-19-8-6-5-7-18(19)22-20(23)16-12-14(3)21-17-10-9-13(2)11-15(16)17/h5-12H,4H2,1-3H3,(H,22,23). The van der Waals surface area contributed by atoms with Crippen LogP contribution in [0.5, 0.6) is 5.75 Å². The van der Waals surface area contributed by atoms with Gasteiger partial charge in [0.05, 0.1) is 23.4 Å². The van der Waals surface area contributed by atoms with Gasteiger partial charge in [0.1, 0.15) is 5.75 Å². The third-order valence-corrected chi connectivity index (χ3v) is 3.77. The first-order valence-electron chi connectivity index (χ1n) is 7.99. The number of rotatable bonds is 4. The predicted octanol–water partition coefficient (Wildman–Crippen LogP) is 4.50. The fraction of sp³-hybridized carbons (Fsp3) is 0.200. The lowest BCUT2D eigenvalue weighted by molar-refractivity contribution is 0.102. The number of pyridine rings is 1. The Kier molecular flexibility index (Phi) is 4.47. The summed E-state index contributed by atoms with van der Waals surface area (Å²) in [6.45, 7) is 6.36. The molecule has 4 heteroatoms. The van der Waals surface area contributed by atoms with Crippen LogP contribution in [-0.2, 0) is 0 Å². The maximum absolute atomic E-state index is 12.9. The number of aromatic nitrogens is 1. The van der Waals surface area contributed by atoms with E-state index in [0.717, 1.165) is 22.2 Å². The normalized spacial score (nSPS) is 10.6. The molecule has 0 radical (unpaired) electrons. The highest BCUT2D eigenvalue weighted by atomic mass is 16.5. The number of carbonyl (C=O) groups is 1. The van der Waals surface area contributed by atoms with Crippen molar-refractivity contribution in [1.29, 1.82) is 0 Å². The third-order valence-electron chi connectivity index (χ3n) is 3.77. The molecule has 3 rings (SSSR count). The Morgan fingerprint density at radius 1 is 1.12 bits per heavy atom. The highest BCUT2D eigenvalue weighted by Crippen LogP contribution is 2.26. The summed E-state index contributed by atoms with van der Waals surface area (Å²) in [5, 5.41) is 3.81. The molecular weight excluding hydrogens is 300 g/mol. The first-order chi connectivity index (χ1) is 11.6. The van der Waals surface area contributed by atoms with Crippen molar-refractivity contribution in [2.24, 2.45) is 0 Å². The number of aryl methyl sites for hydroxylation is 2. The van der Waals surface area contributed by atoms with E-state index < -0.39 is 0 Å². The number of nitrogens with one attached hydrogen (secondary N) is 1. The van der Waals surface area contributed by atoms with Crippen molar-refractivity contribution in [1.82, 2.24) is 4.98 Å². The van der Waals surface area contributed by atoms with Crippen molar-refractivity contribution < 1.29 is 9.53 Å². The van der Waals surface area contributed by atoms with Crippen molar-refractivity contribution >= 4 is 22.5 Å². The second-order valence-electron chi connectivity index (χ2n) is 5.72. The van der Waals surface area contributed by atoms with Gasteiger partial charge in [-0.05, 0) is 51.1 Å². The Morgan fingerprint density at radius 3 is 2.71 bits per heavy atom. The van der Waals surface area contributed by atoms with Gasteiger partial charge >= 0.3 is 0 Å². The summed E-state index contributed by atoms with van der Waals surface area (Å²) in [5.74, 6) is 0.503. The van der Waals surface area contributed by atoms with Gasteiger partial charge in [-0.15, -0.1) is 0 Å². The second-order valence-corrected chi connectivity index (χ2v) is 5.72. The summed E-state index contributed by atoms with van der Waals surface area (Å²) in [6, 6.07) is 15.2. The lowest BCUT2D eigenvalue weighted by Crippen LogP contribution is -2.14. The fourth-order valence-electron chi connectivity index (χ4n) is 2.70. The Morgan fingerprint density at radius 2 is 1.92 bits per heavy atom. The Hall–Kier alpha value is -2.88. The molecule has 0 saturated heterocycles.